The van der Waals surface area contributed by atoms with Gasteiger partial charge in [0.2, 0.25) is 0 Å². The summed E-state index contributed by atoms with van der Waals surface area (Å²) < 4.78 is 0. The quantitative estimate of drug-likeness (QED) is 0.582. The van der Waals surface area contributed by atoms with Crippen molar-refractivity contribution in [3.63, 3.8) is 0 Å². The number of rotatable bonds is 0. The van der Waals surface area contributed by atoms with Crippen molar-refractivity contribution in [2.45, 2.75) is 0 Å². The summed E-state index contributed by atoms with van der Waals surface area (Å²) in [5.74, 6) is 0.487. The van der Waals surface area contributed by atoms with Gasteiger partial charge in [-0.05, 0) is 0 Å². The normalized spacial score (nSPS) is 14.5. The lowest BCUT2D eigenvalue weighted by Gasteiger charge is -1.95. The summed E-state index contributed by atoms with van der Waals surface area (Å²) in [6, 6.07) is 0. The van der Waals surface area contributed by atoms with E-state index in [1.165, 1.54) is 6.33 Å². The van der Waals surface area contributed by atoms with Crippen LogP contribution in [0.2, 0.25) is 5.15 Å². The number of anilines is 1. The first-order chi connectivity index (χ1) is 5.29. The maximum absolute atomic E-state index is 11.1. The molecule has 0 fully saturated rings. The smallest absolute Gasteiger partial charge is 0.188 e. The van der Waals surface area contributed by atoms with Crippen LogP contribution < -0.4 is 5.32 Å². The summed E-state index contributed by atoms with van der Waals surface area (Å²) in [5.41, 5.74) is 0.411. The van der Waals surface area contributed by atoms with Gasteiger partial charge in [-0.2, -0.15) is 0 Å². The topological polar surface area (TPSA) is 54.9 Å². The van der Waals surface area contributed by atoms with Crippen molar-refractivity contribution in [3.05, 3.63) is 17.0 Å². The fourth-order valence-electron chi connectivity index (χ4n) is 0.998. The lowest BCUT2D eigenvalue weighted by Crippen LogP contribution is -2.01. The van der Waals surface area contributed by atoms with E-state index in [0.717, 1.165) is 0 Å². The fourth-order valence-corrected chi connectivity index (χ4v) is 1.24. The third kappa shape index (κ3) is 0.867. The van der Waals surface area contributed by atoms with Crippen LogP contribution in [0.25, 0.3) is 0 Å². The Kier molecular flexibility index (Phi) is 1.29. The number of Topliss-reactive ketones (excluding diaryl/α,β-unsaturated/α-hetero) is 1. The summed E-state index contributed by atoms with van der Waals surface area (Å²) in [6.45, 7) is 0.272. The first-order valence-electron chi connectivity index (χ1n) is 3.06. The van der Waals surface area contributed by atoms with Crippen LogP contribution in [0, 0.1) is 0 Å². The molecule has 0 amide bonds. The number of nitrogens with one attached hydrogen (secondary N) is 1. The average molecular weight is 170 g/mol. The molecule has 0 spiro atoms. The maximum Gasteiger partial charge on any atom is 0.188 e. The molecule has 0 atom stereocenters. The Morgan fingerprint density at radius 3 is 3.09 bits per heavy atom. The van der Waals surface area contributed by atoms with Gasteiger partial charge >= 0.3 is 0 Å². The zero-order valence-electron chi connectivity index (χ0n) is 5.47. The summed E-state index contributed by atoms with van der Waals surface area (Å²) >= 11 is 5.65. The highest BCUT2D eigenvalue weighted by Crippen LogP contribution is 2.24. The summed E-state index contributed by atoms with van der Waals surface area (Å²) in [4.78, 5) is 18.6. The Balaban J connectivity index is 2.68. The zero-order valence-corrected chi connectivity index (χ0v) is 6.22. The van der Waals surface area contributed by atoms with Gasteiger partial charge in [0.15, 0.2) is 5.78 Å². The van der Waals surface area contributed by atoms with Gasteiger partial charge in [0.25, 0.3) is 0 Å². The van der Waals surface area contributed by atoms with Crippen LogP contribution in [-0.2, 0) is 0 Å². The van der Waals surface area contributed by atoms with Gasteiger partial charge in [-0.3, -0.25) is 4.79 Å². The van der Waals surface area contributed by atoms with E-state index in [-0.39, 0.29) is 17.5 Å². The summed E-state index contributed by atoms with van der Waals surface area (Å²) in [6.07, 6.45) is 1.33. The third-order valence-electron chi connectivity index (χ3n) is 1.50. The number of hydrogen-bond donors (Lipinski definition) is 1. The van der Waals surface area contributed by atoms with Gasteiger partial charge in [0, 0.05) is 0 Å². The number of carbonyl (C=O) groups excluding carboxylic acids is 1. The molecule has 1 aromatic heterocycles. The number of carbonyl (C=O) groups is 1. The van der Waals surface area contributed by atoms with Crippen LogP contribution in [0.4, 0.5) is 5.82 Å². The molecule has 0 saturated carbocycles. The third-order valence-corrected chi connectivity index (χ3v) is 1.78. The standard InChI is InChI=1S/C6H4ClN3O/c7-5-4-3(11)1-8-6(4)10-2-9-5/h2H,1H2,(H,8,9,10). The predicted octanol–water partition coefficient (Wildman–Crippen LogP) is 0.738. The zero-order chi connectivity index (χ0) is 7.84. The van der Waals surface area contributed by atoms with Crippen LogP contribution >= 0.6 is 11.6 Å². The van der Waals surface area contributed by atoms with Gasteiger partial charge in [0.1, 0.15) is 17.3 Å². The van der Waals surface area contributed by atoms with Crippen LogP contribution in [0.1, 0.15) is 10.4 Å². The van der Waals surface area contributed by atoms with Crippen molar-refractivity contribution in [1.29, 1.82) is 0 Å². The van der Waals surface area contributed by atoms with E-state index < -0.39 is 0 Å². The molecule has 0 aromatic carbocycles. The van der Waals surface area contributed by atoms with Crippen molar-refractivity contribution in [3.8, 4) is 0 Å². The van der Waals surface area contributed by atoms with E-state index in [9.17, 15) is 4.79 Å². The minimum atomic E-state index is -0.0504. The molecule has 1 aliphatic rings. The van der Waals surface area contributed by atoms with Crippen LogP contribution in [-0.4, -0.2) is 22.3 Å². The minimum Gasteiger partial charge on any atom is -0.362 e. The first kappa shape index (κ1) is 6.54. The van der Waals surface area contributed by atoms with Crippen molar-refractivity contribution in [2.75, 3.05) is 11.9 Å². The number of hydrogen-bond acceptors (Lipinski definition) is 4. The number of aromatic nitrogens is 2. The highest BCUT2D eigenvalue weighted by atomic mass is 35.5. The van der Waals surface area contributed by atoms with Gasteiger partial charge in [0.05, 0.1) is 12.1 Å². The highest BCUT2D eigenvalue weighted by molar-refractivity contribution is 6.34. The van der Waals surface area contributed by atoms with Gasteiger partial charge < -0.3 is 5.32 Å². The second-order valence-corrected chi connectivity index (χ2v) is 2.52. The molecule has 0 unspecified atom stereocenters. The van der Waals surface area contributed by atoms with Crippen LogP contribution in [0.5, 0.6) is 0 Å². The molecule has 0 saturated heterocycles. The Morgan fingerprint density at radius 2 is 2.36 bits per heavy atom. The second-order valence-electron chi connectivity index (χ2n) is 2.16. The van der Waals surface area contributed by atoms with Gasteiger partial charge in [-0.15, -0.1) is 0 Å². The van der Waals surface area contributed by atoms with E-state index in [1.54, 1.807) is 0 Å². The van der Waals surface area contributed by atoms with E-state index in [1.807, 2.05) is 0 Å². The number of halogens is 1. The number of fused-ring (bicyclic) bond motifs is 1. The molecule has 2 heterocycles. The van der Waals surface area contributed by atoms with Crippen LogP contribution in [0.3, 0.4) is 0 Å². The molecule has 1 N–H and O–H groups in total. The lowest BCUT2D eigenvalue weighted by atomic mass is 10.2. The molecule has 0 radical (unpaired) electrons. The monoisotopic (exact) mass is 169 g/mol. The van der Waals surface area contributed by atoms with Crippen molar-refractivity contribution < 1.29 is 4.79 Å². The molecule has 0 bridgehead atoms. The highest BCUT2D eigenvalue weighted by Gasteiger charge is 2.23. The molecule has 0 aliphatic carbocycles. The fraction of sp³-hybridized carbons (Fsp3) is 0.167. The molecule has 1 aromatic rings. The van der Waals surface area contributed by atoms with E-state index in [2.05, 4.69) is 15.3 Å². The molecule has 56 valence electrons. The second kappa shape index (κ2) is 2.17. The van der Waals surface area contributed by atoms with Crippen molar-refractivity contribution >= 4 is 23.2 Å². The predicted molar refractivity (Wildman–Crippen MR) is 39.9 cm³/mol. The summed E-state index contributed by atoms with van der Waals surface area (Å²) in [7, 11) is 0. The Morgan fingerprint density at radius 1 is 1.55 bits per heavy atom. The Hall–Kier alpha value is -1.16. The summed E-state index contributed by atoms with van der Waals surface area (Å²) in [5, 5.41) is 3.03. The molecular formula is C6H4ClN3O. The Bertz CT molecular complexity index is 326. The van der Waals surface area contributed by atoms with Gasteiger partial charge in [-0.1, -0.05) is 11.6 Å². The van der Waals surface area contributed by atoms with E-state index >= 15 is 0 Å². The molecular weight excluding hydrogens is 166 g/mol. The molecule has 4 nitrogen and oxygen atoms in total. The molecule has 5 heteroatoms. The SMILES string of the molecule is O=C1CNc2ncnc(Cl)c21. The maximum atomic E-state index is 11.1. The van der Waals surface area contributed by atoms with Crippen molar-refractivity contribution in [2.24, 2.45) is 0 Å². The number of nitrogens with zero attached hydrogens (tertiary/aromatic N) is 2. The van der Waals surface area contributed by atoms with Crippen LogP contribution in [0.15, 0.2) is 6.33 Å². The molecule has 2 rings (SSSR count). The number of ketones is 1. The minimum absolute atomic E-state index is 0.0504. The lowest BCUT2D eigenvalue weighted by molar-refractivity contribution is 0.101. The van der Waals surface area contributed by atoms with Gasteiger partial charge in [-0.25, -0.2) is 9.97 Å². The Labute approximate surface area is 67.6 Å². The first-order valence-corrected chi connectivity index (χ1v) is 3.44. The largest absolute Gasteiger partial charge is 0.362 e. The van der Waals surface area contributed by atoms with E-state index in [4.69, 9.17) is 11.6 Å². The molecule has 11 heavy (non-hydrogen) atoms. The van der Waals surface area contributed by atoms with E-state index in [0.29, 0.717) is 11.4 Å². The average Bonchev–Trinajstić information content (AvgIpc) is 2.34. The van der Waals surface area contributed by atoms with Crippen molar-refractivity contribution in [1.82, 2.24) is 9.97 Å². The molecule has 1 aliphatic heterocycles.